The summed E-state index contributed by atoms with van der Waals surface area (Å²) < 4.78 is 1.72. The van der Waals surface area contributed by atoms with E-state index in [0.717, 1.165) is 17.8 Å². The van der Waals surface area contributed by atoms with E-state index in [4.69, 9.17) is 0 Å². The van der Waals surface area contributed by atoms with E-state index >= 15 is 0 Å². The van der Waals surface area contributed by atoms with Crippen LogP contribution in [0.4, 0.5) is 5.13 Å². The minimum absolute atomic E-state index is 0.239. The van der Waals surface area contributed by atoms with Gasteiger partial charge >= 0.3 is 0 Å². The fourth-order valence-electron chi connectivity index (χ4n) is 2.01. The molecule has 0 bridgehead atoms. The standard InChI is InChI=1S/C16H16N4OS/c1-3-20-9-8-13(19-20)15(21)18-16-17-14(10-22-16)12-6-4-11(2)5-7-12/h4-10H,3H2,1-2H3,(H,17,18,21). The number of carbonyl (C=O) groups is 1. The number of aromatic nitrogens is 3. The van der Waals surface area contributed by atoms with Crippen LogP contribution in [0, 0.1) is 6.92 Å². The van der Waals surface area contributed by atoms with Gasteiger partial charge in [-0.15, -0.1) is 11.3 Å². The molecule has 0 unspecified atom stereocenters. The normalized spacial score (nSPS) is 10.6. The number of carbonyl (C=O) groups excluding carboxylic acids is 1. The Morgan fingerprint density at radius 3 is 2.73 bits per heavy atom. The van der Waals surface area contributed by atoms with Gasteiger partial charge in [-0.3, -0.25) is 14.8 Å². The van der Waals surface area contributed by atoms with E-state index in [9.17, 15) is 4.79 Å². The van der Waals surface area contributed by atoms with E-state index in [-0.39, 0.29) is 5.91 Å². The van der Waals surface area contributed by atoms with Crippen LogP contribution in [0.15, 0.2) is 41.9 Å². The van der Waals surface area contributed by atoms with Crippen LogP contribution in [0.5, 0.6) is 0 Å². The average molecular weight is 312 g/mol. The van der Waals surface area contributed by atoms with Gasteiger partial charge < -0.3 is 0 Å². The van der Waals surface area contributed by atoms with Crippen molar-refractivity contribution < 1.29 is 4.79 Å². The van der Waals surface area contributed by atoms with Gasteiger partial charge in [0.15, 0.2) is 10.8 Å². The van der Waals surface area contributed by atoms with E-state index in [2.05, 4.69) is 15.4 Å². The van der Waals surface area contributed by atoms with Crippen molar-refractivity contribution in [1.82, 2.24) is 14.8 Å². The Bertz CT molecular complexity index is 789. The molecule has 3 aromatic rings. The number of amides is 1. The summed E-state index contributed by atoms with van der Waals surface area (Å²) in [6.45, 7) is 4.76. The van der Waals surface area contributed by atoms with Crippen molar-refractivity contribution in [2.45, 2.75) is 20.4 Å². The van der Waals surface area contributed by atoms with Crippen LogP contribution in [0.1, 0.15) is 23.0 Å². The first kappa shape index (κ1) is 14.5. The smallest absolute Gasteiger partial charge is 0.277 e. The largest absolute Gasteiger partial charge is 0.296 e. The lowest BCUT2D eigenvalue weighted by molar-refractivity contribution is 0.102. The quantitative estimate of drug-likeness (QED) is 0.801. The maximum Gasteiger partial charge on any atom is 0.277 e. The summed E-state index contributed by atoms with van der Waals surface area (Å²) in [4.78, 5) is 16.6. The third-order valence-corrected chi connectivity index (χ3v) is 4.03. The molecule has 5 nitrogen and oxygen atoms in total. The second kappa shape index (κ2) is 6.11. The number of aryl methyl sites for hydroxylation is 2. The van der Waals surface area contributed by atoms with E-state index in [0.29, 0.717) is 10.8 Å². The number of benzene rings is 1. The molecule has 22 heavy (non-hydrogen) atoms. The third kappa shape index (κ3) is 3.07. The summed E-state index contributed by atoms with van der Waals surface area (Å²) in [6.07, 6.45) is 1.79. The zero-order valence-electron chi connectivity index (χ0n) is 12.4. The Labute approximate surface area is 132 Å². The summed E-state index contributed by atoms with van der Waals surface area (Å²) in [7, 11) is 0. The van der Waals surface area contributed by atoms with Crippen LogP contribution in [0.3, 0.4) is 0 Å². The highest BCUT2D eigenvalue weighted by molar-refractivity contribution is 7.14. The van der Waals surface area contributed by atoms with Gasteiger partial charge in [0, 0.05) is 23.7 Å². The maximum atomic E-state index is 12.1. The molecule has 0 saturated carbocycles. The minimum atomic E-state index is -0.239. The molecule has 1 amide bonds. The van der Waals surface area contributed by atoms with E-state index in [1.807, 2.05) is 43.5 Å². The van der Waals surface area contributed by atoms with E-state index < -0.39 is 0 Å². The van der Waals surface area contributed by atoms with Crippen LogP contribution >= 0.6 is 11.3 Å². The zero-order chi connectivity index (χ0) is 15.5. The number of anilines is 1. The number of hydrogen-bond donors (Lipinski definition) is 1. The number of rotatable bonds is 4. The van der Waals surface area contributed by atoms with Gasteiger partial charge in [0.1, 0.15) is 0 Å². The van der Waals surface area contributed by atoms with Gasteiger partial charge in [-0.05, 0) is 19.9 Å². The Kier molecular flexibility index (Phi) is 4.02. The van der Waals surface area contributed by atoms with Gasteiger partial charge in [-0.2, -0.15) is 5.10 Å². The first-order valence-corrected chi connectivity index (χ1v) is 7.91. The number of nitrogens with zero attached hydrogens (tertiary/aromatic N) is 3. The molecule has 0 spiro atoms. The molecular weight excluding hydrogens is 296 g/mol. The van der Waals surface area contributed by atoms with Crippen molar-refractivity contribution in [1.29, 1.82) is 0 Å². The molecule has 112 valence electrons. The van der Waals surface area contributed by atoms with Crippen molar-refractivity contribution >= 4 is 22.4 Å². The molecule has 1 N–H and O–H groups in total. The highest BCUT2D eigenvalue weighted by Crippen LogP contribution is 2.25. The highest BCUT2D eigenvalue weighted by atomic mass is 32.1. The Morgan fingerprint density at radius 1 is 1.27 bits per heavy atom. The lowest BCUT2D eigenvalue weighted by Crippen LogP contribution is -2.13. The Hall–Kier alpha value is -2.47. The zero-order valence-corrected chi connectivity index (χ0v) is 13.2. The molecule has 0 aliphatic heterocycles. The van der Waals surface area contributed by atoms with Crippen molar-refractivity contribution in [3.63, 3.8) is 0 Å². The van der Waals surface area contributed by atoms with E-state index in [1.54, 1.807) is 16.9 Å². The average Bonchev–Trinajstić information content (AvgIpc) is 3.17. The van der Waals surface area contributed by atoms with Crippen molar-refractivity contribution in [3.05, 3.63) is 53.2 Å². The molecule has 0 radical (unpaired) electrons. The second-order valence-electron chi connectivity index (χ2n) is 4.91. The molecule has 0 aliphatic carbocycles. The Morgan fingerprint density at radius 2 is 2.05 bits per heavy atom. The van der Waals surface area contributed by atoms with Gasteiger partial charge in [0.25, 0.3) is 5.91 Å². The first-order valence-electron chi connectivity index (χ1n) is 7.03. The van der Waals surface area contributed by atoms with Crippen molar-refractivity contribution in [2.75, 3.05) is 5.32 Å². The molecular formula is C16H16N4OS. The van der Waals surface area contributed by atoms with E-state index in [1.165, 1.54) is 16.9 Å². The fourth-order valence-corrected chi connectivity index (χ4v) is 2.72. The summed E-state index contributed by atoms with van der Waals surface area (Å²) in [6, 6.07) is 9.85. The van der Waals surface area contributed by atoms with Crippen molar-refractivity contribution in [3.8, 4) is 11.3 Å². The lowest BCUT2D eigenvalue weighted by Gasteiger charge is -1.99. The highest BCUT2D eigenvalue weighted by Gasteiger charge is 2.12. The number of nitrogens with one attached hydrogen (secondary N) is 1. The molecule has 2 heterocycles. The van der Waals surface area contributed by atoms with Gasteiger partial charge in [-0.1, -0.05) is 29.8 Å². The lowest BCUT2D eigenvalue weighted by atomic mass is 10.1. The number of thiazole rings is 1. The Balaban J connectivity index is 1.73. The monoisotopic (exact) mass is 312 g/mol. The summed E-state index contributed by atoms with van der Waals surface area (Å²) >= 11 is 1.41. The first-order chi connectivity index (χ1) is 10.7. The topological polar surface area (TPSA) is 59.8 Å². The molecule has 0 fully saturated rings. The number of hydrogen-bond acceptors (Lipinski definition) is 4. The van der Waals surface area contributed by atoms with Crippen molar-refractivity contribution in [2.24, 2.45) is 0 Å². The SMILES string of the molecule is CCn1ccc(C(=O)Nc2nc(-c3ccc(C)cc3)cs2)n1. The van der Waals surface area contributed by atoms with Crippen LogP contribution in [0.25, 0.3) is 11.3 Å². The molecule has 0 atom stereocenters. The second-order valence-corrected chi connectivity index (χ2v) is 5.77. The molecule has 0 saturated heterocycles. The molecule has 0 aliphatic rings. The fraction of sp³-hybridized carbons (Fsp3) is 0.188. The summed E-state index contributed by atoms with van der Waals surface area (Å²) in [5.41, 5.74) is 3.50. The minimum Gasteiger partial charge on any atom is -0.296 e. The van der Waals surface area contributed by atoms with Gasteiger partial charge in [0.2, 0.25) is 0 Å². The molecule has 6 heteroatoms. The molecule has 3 rings (SSSR count). The molecule has 2 aromatic heterocycles. The molecule has 1 aromatic carbocycles. The summed E-state index contributed by atoms with van der Waals surface area (Å²) in [5.74, 6) is -0.239. The van der Waals surface area contributed by atoms with Gasteiger partial charge in [-0.25, -0.2) is 4.98 Å². The third-order valence-electron chi connectivity index (χ3n) is 3.27. The van der Waals surface area contributed by atoms with Crippen LogP contribution < -0.4 is 5.32 Å². The summed E-state index contributed by atoms with van der Waals surface area (Å²) in [5, 5.41) is 9.48. The van der Waals surface area contributed by atoms with Crippen LogP contribution in [0.2, 0.25) is 0 Å². The van der Waals surface area contributed by atoms with Crippen LogP contribution in [-0.2, 0) is 6.54 Å². The van der Waals surface area contributed by atoms with Crippen LogP contribution in [-0.4, -0.2) is 20.7 Å². The maximum absolute atomic E-state index is 12.1. The predicted molar refractivity (Wildman–Crippen MR) is 88.1 cm³/mol. The van der Waals surface area contributed by atoms with Gasteiger partial charge in [0.05, 0.1) is 5.69 Å². The predicted octanol–water partition coefficient (Wildman–Crippen LogP) is 3.59.